The lowest BCUT2D eigenvalue weighted by Crippen LogP contribution is -2.39. The molecule has 0 aliphatic carbocycles. The van der Waals surface area contributed by atoms with Gasteiger partial charge < -0.3 is 15.0 Å². The Kier molecular flexibility index (Phi) is 7.05. The summed E-state index contributed by atoms with van der Waals surface area (Å²) in [6, 6.07) is 15.9. The third-order valence-electron chi connectivity index (χ3n) is 5.71. The topological polar surface area (TPSA) is 79.0 Å². The molecule has 9 heteroatoms. The molecule has 0 bridgehead atoms. The summed E-state index contributed by atoms with van der Waals surface area (Å²) < 4.78 is 31.7. The van der Waals surface area contributed by atoms with E-state index in [0.717, 1.165) is 22.6 Å². The molecule has 0 spiro atoms. The SMILES string of the molecule is COc1ccc(CCN2C(=O)N(c3ccc(F)cc3)C(=O)[C@@H]2CC(=O)Nc2ccc(F)cc2)cc1. The maximum absolute atomic E-state index is 13.4. The van der Waals surface area contributed by atoms with Crippen LogP contribution in [0.5, 0.6) is 5.75 Å². The van der Waals surface area contributed by atoms with E-state index < -0.39 is 35.5 Å². The van der Waals surface area contributed by atoms with E-state index in [1.165, 1.54) is 41.3 Å². The van der Waals surface area contributed by atoms with Gasteiger partial charge >= 0.3 is 6.03 Å². The van der Waals surface area contributed by atoms with Crippen molar-refractivity contribution in [1.82, 2.24) is 4.90 Å². The first-order chi connectivity index (χ1) is 16.9. The van der Waals surface area contributed by atoms with Gasteiger partial charge in [0.05, 0.1) is 19.2 Å². The zero-order valence-corrected chi connectivity index (χ0v) is 18.9. The number of ether oxygens (including phenoxy) is 1. The molecule has 1 saturated heterocycles. The number of hydrogen-bond acceptors (Lipinski definition) is 4. The lowest BCUT2D eigenvalue weighted by atomic mass is 10.1. The van der Waals surface area contributed by atoms with Gasteiger partial charge in [-0.15, -0.1) is 0 Å². The van der Waals surface area contributed by atoms with E-state index in [4.69, 9.17) is 4.74 Å². The molecular weight excluding hydrogens is 456 g/mol. The Bertz CT molecular complexity index is 1210. The molecule has 1 atom stereocenters. The minimum absolute atomic E-state index is 0.184. The number of methoxy groups -OCH3 is 1. The molecule has 0 aromatic heterocycles. The van der Waals surface area contributed by atoms with Crippen molar-refractivity contribution >= 4 is 29.2 Å². The van der Waals surface area contributed by atoms with E-state index in [1.807, 2.05) is 12.1 Å². The summed E-state index contributed by atoms with van der Waals surface area (Å²) in [6.45, 7) is 0.184. The van der Waals surface area contributed by atoms with E-state index in [9.17, 15) is 23.2 Å². The number of hydrogen-bond donors (Lipinski definition) is 1. The summed E-state index contributed by atoms with van der Waals surface area (Å²) in [7, 11) is 1.56. The fourth-order valence-electron chi connectivity index (χ4n) is 3.88. The van der Waals surface area contributed by atoms with Crippen LogP contribution in [-0.4, -0.2) is 42.4 Å². The summed E-state index contributed by atoms with van der Waals surface area (Å²) in [5, 5.41) is 2.62. The lowest BCUT2D eigenvalue weighted by molar-refractivity contribution is -0.124. The molecule has 3 aromatic carbocycles. The highest BCUT2D eigenvalue weighted by Gasteiger charge is 2.46. The Morgan fingerprint density at radius 3 is 2.11 bits per heavy atom. The number of imide groups is 1. The normalized spacial score (nSPS) is 15.5. The predicted octanol–water partition coefficient (Wildman–Crippen LogP) is 4.38. The van der Waals surface area contributed by atoms with Crippen molar-refractivity contribution in [2.75, 3.05) is 23.9 Å². The van der Waals surface area contributed by atoms with Gasteiger partial charge in [-0.25, -0.2) is 18.5 Å². The van der Waals surface area contributed by atoms with E-state index in [0.29, 0.717) is 17.9 Å². The average molecular weight is 479 g/mol. The van der Waals surface area contributed by atoms with Crippen LogP contribution in [0.3, 0.4) is 0 Å². The average Bonchev–Trinajstić information content (AvgIpc) is 3.08. The van der Waals surface area contributed by atoms with Gasteiger partial charge in [-0.05, 0) is 72.6 Å². The van der Waals surface area contributed by atoms with Gasteiger partial charge in [0.1, 0.15) is 23.4 Å². The van der Waals surface area contributed by atoms with Gasteiger partial charge in [0.25, 0.3) is 5.91 Å². The second-order valence-electron chi connectivity index (χ2n) is 8.00. The van der Waals surface area contributed by atoms with Gasteiger partial charge in [-0.3, -0.25) is 9.59 Å². The molecule has 0 unspecified atom stereocenters. The number of halogens is 2. The summed E-state index contributed by atoms with van der Waals surface area (Å²) >= 11 is 0. The Morgan fingerprint density at radius 2 is 1.51 bits per heavy atom. The van der Waals surface area contributed by atoms with Gasteiger partial charge in [-0.2, -0.15) is 0 Å². The molecular formula is C26H23F2N3O4. The lowest BCUT2D eigenvalue weighted by Gasteiger charge is -2.21. The Hall–Kier alpha value is -4.27. The van der Waals surface area contributed by atoms with Gasteiger partial charge in [0.15, 0.2) is 0 Å². The molecule has 1 fully saturated rings. The molecule has 1 heterocycles. The first kappa shape index (κ1) is 23.9. The molecule has 1 aliphatic rings. The maximum atomic E-state index is 13.4. The van der Waals surface area contributed by atoms with Crippen molar-refractivity contribution in [3.05, 3.63) is 90.0 Å². The number of benzene rings is 3. The van der Waals surface area contributed by atoms with Gasteiger partial charge in [0, 0.05) is 12.2 Å². The Morgan fingerprint density at radius 1 is 0.914 bits per heavy atom. The smallest absolute Gasteiger partial charge is 0.332 e. The van der Waals surface area contributed by atoms with Gasteiger partial charge in [0.2, 0.25) is 5.91 Å². The summed E-state index contributed by atoms with van der Waals surface area (Å²) in [4.78, 5) is 41.5. The summed E-state index contributed by atoms with van der Waals surface area (Å²) in [5.74, 6) is -1.33. The molecule has 1 N–H and O–H groups in total. The molecule has 3 aromatic rings. The number of rotatable bonds is 8. The number of carbonyl (C=O) groups excluding carboxylic acids is 3. The first-order valence-corrected chi connectivity index (χ1v) is 10.9. The van der Waals surface area contributed by atoms with Gasteiger partial charge in [-0.1, -0.05) is 12.1 Å². The molecule has 180 valence electrons. The van der Waals surface area contributed by atoms with Crippen LogP contribution in [-0.2, 0) is 16.0 Å². The largest absolute Gasteiger partial charge is 0.497 e. The van der Waals surface area contributed by atoms with E-state index in [2.05, 4.69) is 5.32 Å². The predicted molar refractivity (Wildman–Crippen MR) is 126 cm³/mol. The van der Waals surface area contributed by atoms with Crippen LogP contribution in [0, 0.1) is 11.6 Å². The van der Waals surface area contributed by atoms with Crippen molar-refractivity contribution in [2.24, 2.45) is 0 Å². The summed E-state index contributed by atoms with van der Waals surface area (Å²) in [5.41, 5.74) is 1.51. The zero-order chi connectivity index (χ0) is 24.9. The van der Waals surface area contributed by atoms with Crippen molar-refractivity contribution in [3.8, 4) is 5.75 Å². The minimum Gasteiger partial charge on any atom is -0.497 e. The van der Waals surface area contributed by atoms with Crippen LogP contribution in [0.1, 0.15) is 12.0 Å². The number of amides is 4. The van der Waals surface area contributed by atoms with Crippen molar-refractivity contribution < 1.29 is 27.9 Å². The second-order valence-corrected chi connectivity index (χ2v) is 8.00. The maximum Gasteiger partial charge on any atom is 0.332 e. The number of nitrogens with zero attached hydrogens (tertiary/aromatic N) is 2. The highest BCUT2D eigenvalue weighted by atomic mass is 19.1. The molecule has 35 heavy (non-hydrogen) atoms. The fraction of sp³-hybridized carbons (Fsp3) is 0.192. The summed E-state index contributed by atoms with van der Waals surface area (Å²) in [6.07, 6.45) is 0.151. The third-order valence-corrected chi connectivity index (χ3v) is 5.71. The monoisotopic (exact) mass is 479 g/mol. The molecule has 0 saturated carbocycles. The third kappa shape index (κ3) is 5.46. The van der Waals surface area contributed by atoms with Crippen LogP contribution in [0.15, 0.2) is 72.8 Å². The fourth-order valence-corrected chi connectivity index (χ4v) is 3.88. The van der Waals surface area contributed by atoms with Crippen molar-refractivity contribution in [1.29, 1.82) is 0 Å². The number of carbonyl (C=O) groups is 3. The molecule has 4 amide bonds. The Balaban J connectivity index is 1.54. The van der Waals surface area contributed by atoms with Crippen molar-refractivity contribution in [3.63, 3.8) is 0 Å². The number of anilines is 2. The molecule has 1 aliphatic heterocycles. The van der Waals surface area contributed by atoms with E-state index in [1.54, 1.807) is 19.2 Å². The van der Waals surface area contributed by atoms with E-state index in [-0.39, 0.29) is 18.7 Å². The number of urea groups is 1. The van der Waals surface area contributed by atoms with Crippen molar-refractivity contribution in [2.45, 2.75) is 18.9 Å². The first-order valence-electron chi connectivity index (χ1n) is 10.9. The Labute approximate surface area is 200 Å². The highest BCUT2D eigenvalue weighted by molar-refractivity contribution is 6.22. The molecule has 7 nitrogen and oxygen atoms in total. The van der Waals surface area contributed by atoms with Crippen LogP contribution < -0.4 is 15.0 Å². The second kappa shape index (κ2) is 10.3. The molecule has 0 radical (unpaired) electrons. The van der Waals surface area contributed by atoms with Crippen LogP contribution in [0.4, 0.5) is 25.0 Å². The van der Waals surface area contributed by atoms with E-state index >= 15 is 0 Å². The van der Waals surface area contributed by atoms with Crippen LogP contribution >= 0.6 is 0 Å². The standard InChI is InChI=1S/C26H23F2N3O4/c1-35-22-12-2-17(3-13-22)14-15-30-23(16-24(32)29-20-8-4-18(27)5-9-20)25(33)31(26(30)34)21-10-6-19(28)7-11-21/h2-13,23H,14-16H2,1H3,(H,29,32)/t23-/m0/s1. The number of nitrogens with one attached hydrogen (secondary N) is 1. The molecule has 4 rings (SSSR count). The van der Waals surface area contributed by atoms with Crippen LogP contribution in [0.25, 0.3) is 0 Å². The minimum atomic E-state index is -1.05. The zero-order valence-electron chi connectivity index (χ0n) is 18.9. The van der Waals surface area contributed by atoms with Crippen LogP contribution in [0.2, 0.25) is 0 Å². The quantitative estimate of drug-likeness (QED) is 0.487. The highest BCUT2D eigenvalue weighted by Crippen LogP contribution is 2.28.